The molecule has 1 aromatic heterocycles. The first-order valence-corrected chi connectivity index (χ1v) is 9.58. The lowest BCUT2D eigenvalue weighted by Crippen LogP contribution is -2.07. The molecule has 0 amide bonds. The number of hydrogen-bond acceptors (Lipinski definition) is 3. The second kappa shape index (κ2) is 9.33. The van der Waals surface area contributed by atoms with E-state index in [1.54, 1.807) is 19.2 Å². The molecule has 0 aliphatic heterocycles. The van der Waals surface area contributed by atoms with Crippen molar-refractivity contribution in [2.45, 2.75) is 39.3 Å². The predicted octanol–water partition coefficient (Wildman–Crippen LogP) is 4.79. The zero-order chi connectivity index (χ0) is 19.9. The van der Waals surface area contributed by atoms with Gasteiger partial charge in [-0.25, -0.2) is 4.79 Å². The minimum atomic E-state index is -0.914. The van der Waals surface area contributed by atoms with Gasteiger partial charge in [0.25, 0.3) is 0 Å². The summed E-state index contributed by atoms with van der Waals surface area (Å²) < 4.78 is 7.27. The van der Waals surface area contributed by atoms with Gasteiger partial charge in [-0.3, -0.25) is 4.68 Å². The van der Waals surface area contributed by atoms with Gasteiger partial charge in [0, 0.05) is 12.8 Å². The first-order valence-electron chi connectivity index (χ1n) is 9.58. The Morgan fingerprint density at radius 1 is 1.14 bits per heavy atom. The number of unbranched alkanes of at least 4 members (excludes halogenated alkanes) is 1. The summed E-state index contributed by atoms with van der Waals surface area (Å²) in [7, 11) is 1.68. The van der Waals surface area contributed by atoms with E-state index in [1.165, 1.54) is 5.69 Å². The first-order chi connectivity index (χ1) is 13.6. The highest BCUT2D eigenvalue weighted by Crippen LogP contribution is 2.24. The predicted molar refractivity (Wildman–Crippen MR) is 109 cm³/mol. The Balaban J connectivity index is 1.82. The second-order valence-corrected chi connectivity index (χ2v) is 6.87. The Kier molecular flexibility index (Phi) is 6.61. The lowest BCUT2D eigenvalue weighted by molar-refractivity contribution is 0.0697. The molecule has 1 N–H and O–H groups in total. The average Bonchev–Trinajstić information content (AvgIpc) is 3.08. The van der Waals surface area contributed by atoms with Gasteiger partial charge in [-0.2, -0.15) is 5.10 Å². The maximum atomic E-state index is 11.5. The van der Waals surface area contributed by atoms with Crippen LogP contribution in [0.2, 0.25) is 0 Å². The molecule has 0 fully saturated rings. The van der Waals surface area contributed by atoms with E-state index in [0.29, 0.717) is 18.7 Å². The van der Waals surface area contributed by atoms with E-state index >= 15 is 0 Å². The van der Waals surface area contributed by atoms with E-state index in [4.69, 9.17) is 4.74 Å². The van der Waals surface area contributed by atoms with Crippen LogP contribution in [0, 0.1) is 0 Å². The molecule has 146 valence electrons. The van der Waals surface area contributed by atoms with Crippen LogP contribution in [-0.4, -0.2) is 28.0 Å². The molecule has 0 unspecified atom stereocenters. The van der Waals surface area contributed by atoms with E-state index < -0.39 is 5.97 Å². The molecule has 0 bridgehead atoms. The molecule has 3 rings (SSSR count). The molecule has 0 atom stereocenters. The van der Waals surface area contributed by atoms with Crippen LogP contribution in [0.1, 0.15) is 47.1 Å². The minimum Gasteiger partial charge on any atom is -0.478 e. The number of carboxylic acids is 1. The molecule has 0 aliphatic carbocycles. The summed E-state index contributed by atoms with van der Waals surface area (Å²) >= 11 is 0. The summed E-state index contributed by atoms with van der Waals surface area (Å²) in [6.07, 6.45) is 3.27. The maximum absolute atomic E-state index is 11.5. The summed E-state index contributed by atoms with van der Waals surface area (Å²) in [5.41, 5.74) is 5.23. The Morgan fingerprint density at radius 2 is 1.89 bits per heavy atom. The maximum Gasteiger partial charge on any atom is 0.336 e. The average molecular weight is 378 g/mol. The fourth-order valence-electron chi connectivity index (χ4n) is 3.31. The van der Waals surface area contributed by atoms with Crippen molar-refractivity contribution in [1.29, 1.82) is 0 Å². The van der Waals surface area contributed by atoms with E-state index in [-0.39, 0.29) is 0 Å². The van der Waals surface area contributed by atoms with Crippen molar-refractivity contribution in [3.63, 3.8) is 0 Å². The summed E-state index contributed by atoms with van der Waals surface area (Å²) in [5.74, 6) is -0.914. The van der Waals surface area contributed by atoms with Crippen molar-refractivity contribution in [2.75, 3.05) is 7.11 Å². The van der Waals surface area contributed by atoms with Gasteiger partial charge in [-0.05, 0) is 41.7 Å². The fourth-order valence-corrected chi connectivity index (χ4v) is 3.31. The van der Waals surface area contributed by atoms with Gasteiger partial charge in [0.2, 0.25) is 0 Å². The van der Waals surface area contributed by atoms with Gasteiger partial charge in [0.1, 0.15) is 0 Å². The van der Waals surface area contributed by atoms with E-state index in [9.17, 15) is 9.90 Å². The lowest BCUT2D eigenvalue weighted by atomic mass is 9.99. The SMILES string of the molecule is CCCCc1cc(COC)nn1Cc1ccc(-c2ccccc2C(=O)O)cc1. The van der Waals surface area contributed by atoms with Crippen LogP contribution < -0.4 is 0 Å². The summed E-state index contributed by atoms with van der Waals surface area (Å²) in [6.45, 7) is 3.38. The fraction of sp³-hybridized carbons (Fsp3) is 0.304. The molecule has 0 radical (unpaired) electrons. The Morgan fingerprint density at radius 3 is 2.57 bits per heavy atom. The quantitative estimate of drug-likeness (QED) is 0.582. The number of carbonyl (C=O) groups is 1. The van der Waals surface area contributed by atoms with Crippen LogP contribution in [0.15, 0.2) is 54.6 Å². The zero-order valence-electron chi connectivity index (χ0n) is 16.4. The molecule has 5 nitrogen and oxygen atoms in total. The topological polar surface area (TPSA) is 64.4 Å². The summed E-state index contributed by atoms with van der Waals surface area (Å²) in [6, 6.07) is 17.2. The highest BCUT2D eigenvalue weighted by Gasteiger charge is 2.12. The van der Waals surface area contributed by atoms with Crippen LogP contribution >= 0.6 is 0 Å². The van der Waals surface area contributed by atoms with Crippen LogP contribution in [0.25, 0.3) is 11.1 Å². The normalized spacial score (nSPS) is 10.9. The molecular formula is C23H26N2O3. The van der Waals surface area contributed by atoms with E-state index in [1.807, 2.05) is 41.1 Å². The van der Waals surface area contributed by atoms with Crippen molar-refractivity contribution in [3.8, 4) is 11.1 Å². The van der Waals surface area contributed by atoms with Crippen LogP contribution in [-0.2, 0) is 24.3 Å². The first kappa shape index (κ1) is 19.8. The highest BCUT2D eigenvalue weighted by molar-refractivity contribution is 5.95. The molecular weight excluding hydrogens is 352 g/mol. The van der Waals surface area contributed by atoms with Crippen molar-refractivity contribution in [2.24, 2.45) is 0 Å². The number of ether oxygens (including phenoxy) is 1. The number of aromatic nitrogens is 2. The number of benzene rings is 2. The highest BCUT2D eigenvalue weighted by atomic mass is 16.5. The molecule has 5 heteroatoms. The monoisotopic (exact) mass is 378 g/mol. The third-order valence-electron chi connectivity index (χ3n) is 4.75. The summed E-state index contributed by atoms with van der Waals surface area (Å²) in [4.78, 5) is 11.5. The molecule has 28 heavy (non-hydrogen) atoms. The number of methoxy groups -OCH3 is 1. The second-order valence-electron chi connectivity index (χ2n) is 6.87. The van der Waals surface area contributed by atoms with Gasteiger partial charge < -0.3 is 9.84 Å². The Labute approximate surface area is 165 Å². The van der Waals surface area contributed by atoms with Crippen LogP contribution in [0.4, 0.5) is 0 Å². The van der Waals surface area contributed by atoms with Crippen LogP contribution in [0.5, 0.6) is 0 Å². The standard InChI is InChI=1S/C23H26N2O3/c1-3-4-7-20-14-19(16-28-2)24-25(20)15-17-10-12-18(13-11-17)21-8-5-6-9-22(21)23(26)27/h5-6,8-14H,3-4,7,15-16H2,1-2H3,(H,26,27). The number of aromatic carboxylic acids is 1. The number of nitrogens with zero attached hydrogens (tertiary/aromatic N) is 2. The van der Waals surface area contributed by atoms with Crippen molar-refractivity contribution >= 4 is 5.97 Å². The Bertz CT molecular complexity index is 929. The Hall–Kier alpha value is -2.92. The molecule has 0 aliphatic rings. The minimum absolute atomic E-state index is 0.313. The van der Waals surface area contributed by atoms with Gasteiger partial charge >= 0.3 is 5.97 Å². The lowest BCUT2D eigenvalue weighted by Gasteiger charge is -2.10. The summed E-state index contributed by atoms with van der Waals surface area (Å²) in [5, 5.41) is 14.1. The third kappa shape index (κ3) is 4.67. The smallest absolute Gasteiger partial charge is 0.336 e. The number of rotatable bonds is 9. The van der Waals surface area contributed by atoms with E-state index in [0.717, 1.165) is 41.6 Å². The van der Waals surface area contributed by atoms with Gasteiger partial charge in [-0.1, -0.05) is 55.8 Å². The van der Waals surface area contributed by atoms with Crippen molar-refractivity contribution in [1.82, 2.24) is 9.78 Å². The molecule has 2 aromatic carbocycles. The van der Waals surface area contributed by atoms with Gasteiger partial charge in [0.15, 0.2) is 0 Å². The third-order valence-corrected chi connectivity index (χ3v) is 4.75. The molecule has 0 spiro atoms. The van der Waals surface area contributed by atoms with Gasteiger partial charge in [-0.15, -0.1) is 0 Å². The molecule has 0 saturated heterocycles. The van der Waals surface area contributed by atoms with E-state index in [2.05, 4.69) is 18.1 Å². The van der Waals surface area contributed by atoms with Crippen molar-refractivity contribution in [3.05, 3.63) is 77.1 Å². The van der Waals surface area contributed by atoms with Gasteiger partial charge in [0.05, 0.1) is 24.4 Å². The zero-order valence-corrected chi connectivity index (χ0v) is 16.4. The molecule has 3 aromatic rings. The molecule has 1 heterocycles. The van der Waals surface area contributed by atoms with Crippen molar-refractivity contribution < 1.29 is 14.6 Å². The number of carboxylic acid groups (broad SMARTS) is 1. The number of hydrogen-bond donors (Lipinski definition) is 1. The molecule has 0 saturated carbocycles. The number of aryl methyl sites for hydroxylation is 1. The largest absolute Gasteiger partial charge is 0.478 e. The van der Waals surface area contributed by atoms with Crippen LogP contribution in [0.3, 0.4) is 0 Å².